The quantitative estimate of drug-likeness (QED) is 0.603. The van der Waals surface area contributed by atoms with Crippen molar-refractivity contribution >= 4 is 0 Å². The van der Waals surface area contributed by atoms with Gasteiger partial charge in [0.2, 0.25) is 0 Å². The first kappa shape index (κ1) is 7.98. The Bertz CT molecular complexity index is 76.9. The third kappa shape index (κ3) is 2.64. The zero-order valence-corrected chi connectivity index (χ0v) is 6.08. The summed E-state index contributed by atoms with van der Waals surface area (Å²) in [4.78, 5) is 0. The standard InChI is InChI=1S/C7H14O3/c8-3-1-7-2-4-9-5-6-10-7/h7-8H,1-6H2. The molecule has 10 heavy (non-hydrogen) atoms. The minimum atomic E-state index is 0.213. The number of aliphatic hydroxyl groups excluding tert-OH is 1. The first-order chi connectivity index (χ1) is 4.93. The molecular formula is C7H14O3. The average molecular weight is 146 g/mol. The summed E-state index contributed by atoms with van der Waals surface area (Å²) in [6.07, 6.45) is 1.87. The minimum Gasteiger partial charge on any atom is -0.396 e. The van der Waals surface area contributed by atoms with E-state index in [4.69, 9.17) is 14.6 Å². The smallest absolute Gasteiger partial charge is 0.0704 e. The molecule has 60 valence electrons. The van der Waals surface area contributed by atoms with E-state index in [0.29, 0.717) is 13.2 Å². The van der Waals surface area contributed by atoms with Crippen LogP contribution >= 0.6 is 0 Å². The molecule has 0 radical (unpaired) electrons. The van der Waals surface area contributed by atoms with Gasteiger partial charge in [-0.15, -0.1) is 0 Å². The predicted molar refractivity (Wildman–Crippen MR) is 36.9 cm³/mol. The molecule has 0 saturated carbocycles. The van der Waals surface area contributed by atoms with Crippen LogP contribution in [0.2, 0.25) is 0 Å². The third-order valence-electron chi connectivity index (χ3n) is 1.62. The normalized spacial score (nSPS) is 27.9. The molecule has 0 aliphatic carbocycles. The fraction of sp³-hybridized carbons (Fsp3) is 1.00. The SMILES string of the molecule is OCCC1CCOCCO1. The Morgan fingerprint density at radius 3 is 3.00 bits per heavy atom. The number of hydrogen-bond acceptors (Lipinski definition) is 3. The second-order valence-electron chi connectivity index (χ2n) is 2.41. The highest BCUT2D eigenvalue weighted by Crippen LogP contribution is 2.06. The van der Waals surface area contributed by atoms with Gasteiger partial charge in [-0.3, -0.25) is 0 Å². The van der Waals surface area contributed by atoms with Crippen molar-refractivity contribution < 1.29 is 14.6 Å². The molecule has 0 aromatic heterocycles. The molecule has 0 aromatic carbocycles. The summed E-state index contributed by atoms with van der Waals surface area (Å²) >= 11 is 0. The Kier molecular flexibility index (Phi) is 3.72. The zero-order valence-electron chi connectivity index (χ0n) is 6.08. The number of ether oxygens (including phenoxy) is 2. The van der Waals surface area contributed by atoms with Gasteiger partial charge in [0, 0.05) is 13.2 Å². The van der Waals surface area contributed by atoms with E-state index < -0.39 is 0 Å². The largest absolute Gasteiger partial charge is 0.396 e. The molecule has 1 heterocycles. The monoisotopic (exact) mass is 146 g/mol. The second kappa shape index (κ2) is 4.66. The van der Waals surface area contributed by atoms with Gasteiger partial charge in [0.1, 0.15) is 0 Å². The van der Waals surface area contributed by atoms with Crippen molar-refractivity contribution in [2.45, 2.75) is 18.9 Å². The van der Waals surface area contributed by atoms with E-state index in [2.05, 4.69) is 0 Å². The van der Waals surface area contributed by atoms with Crippen molar-refractivity contribution in [1.29, 1.82) is 0 Å². The summed E-state index contributed by atoms with van der Waals surface area (Å²) in [6.45, 7) is 2.35. The number of hydrogen-bond donors (Lipinski definition) is 1. The van der Waals surface area contributed by atoms with Crippen LogP contribution in [0.25, 0.3) is 0 Å². The van der Waals surface area contributed by atoms with Crippen LogP contribution in [0, 0.1) is 0 Å². The van der Waals surface area contributed by atoms with Crippen molar-refractivity contribution in [1.82, 2.24) is 0 Å². The molecule has 0 bridgehead atoms. The van der Waals surface area contributed by atoms with Gasteiger partial charge in [-0.2, -0.15) is 0 Å². The molecule has 1 aliphatic heterocycles. The van der Waals surface area contributed by atoms with E-state index in [0.717, 1.165) is 19.4 Å². The number of rotatable bonds is 2. The van der Waals surface area contributed by atoms with E-state index >= 15 is 0 Å². The zero-order chi connectivity index (χ0) is 7.23. The summed E-state index contributed by atoms with van der Waals surface area (Å²) < 4.78 is 10.5. The molecule has 1 N–H and O–H groups in total. The Balaban J connectivity index is 2.15. The molecule has 1 rings (SSSR count). The maximum absolute atomic E-state index is 8.59. The molecule has 0 spiro atoms. The fourth-order valence-corrected chi connectivity index (χ4v) is 1.05. The maximum atomic E-state index is 8.59. The lowest BCUT2D eigenvalue weighted by Gasteiger charge is -2.11. The van der Waals surface area contributed by atoms with Crippen LogP contribution in [0.5, 0.6) is 0 Å². The second-order valence-corrected chi connectivity index (χ2v) is 2.41. The Morgan fingerprint density at radius 1 is 1.30 bits per heavy atom. The van der Waals surface area contributed by atoms with E-state index in [1.165, 1.54) is 0 Å². The molecule has 1 unspecified atom stereocenters. The van der Waals surface area contributed by atoms with E-state index in [9.17, 15) is 0 Å². The van der Waals surface area contributed by atoms with Crippen molar-refractivity contribution in [3.05, 3.63) is 0 Å². The van der Waals surface area contributed by atoms with Crippen molar-refractivity contribution in [3.63, 3.8) is 0 Å². The molecule has 0 aromatic rings. The Labute approximate surface area is 60.9 Å². The van der Waals surface area contributed by atoms with Gasteiger partial charge in [0.15, 0.2) is 0 Å². The van der Waals surface area contributed by atoms with Crippen LogP contribution in [0.3, 0.4) is 0 Å². The summed E-state index contributed by atoms with van der Waals surface area (Å²) in [7, 11) is 0. The molecule has 1 fully saturated rings. The first-order valence-electron chi connectivity index (χ1n) is 3.73. The van der Waals surface area contributed by atoms with Gasteiger partial charge < -0.3 is 14.6 Å². The van der Waals surface area contributed by atoms with Crippen LogP contribution in [0.1, 0.15) is 12.8 Å². The Hall–Kier alpha value is -0.120. The van der Waals surface area contributed by atoms with Crippen LogP contribution < -0.4 is 0 Å². The summed E-state index contributed by atoms with van der Waals surface area (Å²) in [6, 6.07) is 0. The first-order valence-corrected chi connectivity index (χ1v) is 3.73. The molecule has 1 aliphatic rings. The minimum absolute atomic E-state index is 0.213. The van der Waals surface area contributed by atoms with Gasteiger partial charge in [-0.1, -0.05) is 0 Å². The van der Waals surface area contributed by atoms with Gasteiger partial charge in [-0.05, 0) is 12.8 Å². The van der Waals surface area contributed by atoms with Gasteiger partial charge in [0.25, 0.3) is 0 Å². The maximum Gasteiger partial charge on any atom is 0.0704 e. The number of aliphatic hydroxyl groups is 1. The topological polar surface area (TPSA) is 38.7 Å². The summed E-state index contributed by atoms with van der Waals surface area (Å²) in [5.74, 6) is 0. The van der Waals surface area contributed by atoms with Crippen LogP contribution in [0.4, 0.5) is 0 Å². The Morgan fingerprint density at radius 2 is 2.20 bits per heavy atom. The highest BCUT2D eigenvalue weighted by Gasteiger charge is 2.10. The van der Waals surface area contributed by atoms with Gasteiger partial charge in [-0.25, -0.2) is 0 Å². The lowest BCUT2D eigenvalue weighted by atomic mass is 10.2. The lowest BCUT2D eigenvalue weighted by molar-refractivity contribution is 0.0390. The van der Waals surface area contributed by atoms with E-state index in [1.807, 2.05) is 0 Å². The third-order valence-corrected chi connectivity index (χ3v) is 1.62. The van der Waals surface area contributed by atoms with Crippen molar-refractivity contribution in [3.8, 4) is 0 Å². The molecule has 3 nitrogen and oxygen atoms in total. The predicted octanol–water partition coefficient (Wildman–Crippen LogP) is 0.174. The van der Waals surface area contributed by atoms with Crippen molar-refractivity contribution in [2.75, 3.05) is 26.4 Å². The van der Waals surface area contributed by atoms with E-state index in [1.54, 1.807) is 0 Å². The molecule has 1 atom stereocenters. The van der Waals surface area contributed by atoms with Gasteiger partial charge in [0.05, 0.1) is 19.3 Å². The van der Waals surface area contributed by atoms with E-state index in [-0.39, 0.29) is 12.7 Å². The van der Waals surface area contributed by atoms with Gasteiger partial charge >= 0.3 is 0 Å². The summed E-state index contributed by atoms with van der Waals surface area (Å²) in [5, 5.41) is 8.59. The highest BCUT2D eigenvalue weighted by molar-refractivity contribution is 4.59. The fourth-order valence-electron chi connectivity index (χ4n) is 1.05. The summed E-state index contributed by atoms with van der Waals surface area (Å²) in [5.41, 5.74) is 0. The molecular weight excluding hydrogens is 132 g/mol. The molecule has 0 amide bonds. The lowest BCUT2D eigenvalue weighted by Crippen LogP contribution is -2.14. The molecule has 1 saturated heterocycles. The average Bonchev–Trinajstić information content (AvgIpc) is 2.17. The van der Waals surface area contributed by atoms with Crippen LogP contribution in [0.15, 0.2) is 0 Å². The van der Waals surface area contributed by atoms with Crippen LogP contribution in [-0.4, -0.2) is 37.6 Å². The highest BCUT2D eigenvalue weighted by atomic mass is 16.5. The molecule has 3 heteroatoms. The van der Waals surface area contributed by atoms with Crippen molar-refractivity contribution in [2.24, 2.45) is 0 Å². The van der Waals surface area contributed by atoms with Crippen LogP contribution in [-0.2, 0) is 9.47 Å².